The Bertz CT molecular complexity index is 962. The van der Waals surface area contributed by atoms with Crippen molar-refractivity contribution in [2.24, 2.45) is 5.92 Å². The van der Waals surface area contributed by atoms with Gasteiger partial charge in [-0.3, -0.25) is 4.79 Å². The quantitative estimate of drug-likeness (QED) is 0.598. The summed E-state index contributed by atoms with van der Waals surface area (Å²) in [6, 6.07) is 9.07. The summed E-state index contributed by atoms with van der Waals surface area (Å²) in [6.45, 7) is 2.68. The molecular formula is C21H21N3O4. The molecule has 0 spiro atoms. The first-order chi connectivity index (χ1) is 13.5. The number of hydrogen-bond acceptors (Lipinski definition) is 6. The Morgan fingerprint density at radius 1 is 1.32 bits per heavy atom. The van der Waals surface area contributed by atoms with Gasteiger partial charge in [-0.2, -0.15) is 4.98 Å². The topological polar surface area (TPSA) is 81.6 Å². The minimum absolute atomic E-state index is 0.0586. The molecule has 1 fully saturated rings. The molecule has 0 N–H and O–H groups in total. The van der Waals surface area contributed by atoms with E-state index in [0.717, 1.165) is 24.1 Å². The summed E-state index contributed by atoms with van der Waals surface area (Å²) in [6.07, 6.45) is 0.744. The molecule has 2 aromatic rings. The number of ether oxygens (including phenoxy) is 2. The Morgan fingerprint density at radius 2 is 2.14 bits per heavy atom. The molecule has 144 valence electrons. The van der Waals surface area contributed by atoms with Gasteiger partial charge in [0.1, 0.15) is 5.92 Å². The van der Waals surface area contributed by atoms with Gasteiger partial charge in [-0.1, -0.05) is 24.0 Å². The van der Waals surface area contributed by atoms with Crippen LogP contribution < -0.4 is 4.74 Å². The molecule has 7 nitrogen and oxygen atoms in total. The fourth-order valence-corrected chi connectivity index (χ4v) is 2.85. The van der Waals surface area contributed by atoms with E-state index in [4.69, 9.17) is 9.47 Å². The van der Waals surface area contributed by atoms with Crippen LogP contribution in [-0.2, 0) is 9.53 Å². The lowest BCUT2D eigenvalue weighted by Crippen LogP contribution is -2.21. The van der Waals surface area contributed by atoms with Crippen molar-refractivity contribution in [1.82, 2.24) is 14.9 Å². The molecular weight excluding hydrogens is 358 g/mol. The second-order valence-electron chi connectivity index (χ2n) is 6.29. The largest absolute Gasteiger partial charge is 0.481 e. The molecule has 3 rings (SSSR count). The Hall–Kier alpha value is -3.40. The lowest BCUT2D eigenvalue weighted by molar-refractivity contribution is -0.128. The number of hydrogen-bond donors (Lipinski definition) is 0. The number of nitrogens with zero attached hydrogens (tertiary/aromatic N) is 3. The van der Waals surface area contributed by atoms with Crippen LogP contribution in [0.5, 0.6) is 5.88 Å². The lowest BCUT2D eigenvalue weighted by Gasteiger charge is -2.07. The van der Waals surface area contributed by atoms with E-state index >= 15 is 0 Å². The first-order valence-electron chi connectivity index (χ1n) is 8.99. The normalized spacial score (nSPS) is 15.8. The van der Waals surface area contributed by atoms with E-state index in [-0.39, 0.29) is 30.1 Å². The van der Waals surface area contributed by atoms with Gasteiger partial charge in [-0.15, -0.1) is 0 Å². The predicted molar refractivity (Wildman–Crippen MR) is 103 cm³/mol. The third-order valence-corrected chi connectivity index (χ3v) is 4.35. The molecule has 1 amide bonds. The van der Waals surface area contributed by atoms with Crippen LogP contribution in [0.3, 0.4) is 0 Å². The molecule has 0 bridgehead atoms. The van der Waals surface area contributed by atoms with Crippen molar-refractivity contribution in [3.05, 3.63) is 41.7 Å². The molecule has 28 heavy (non-hydrogen) atoms. The van der Waals surface area contributed by atoms with Crippen LogP contribution >= 0.6 is 0 Å². The van der Waals surface area contributed by atoms with Crippen molar-refractivity contribution in [3.63, 3.8) is 0 Å². The molecule has 1 unspecified atom stereocenters. The van der Waals surface area contributed by atoms with E-state index in [9.17, 15) is 9.59 Å². The van der Waals surface area contributed by atoms with Crippen LogP contribution in [0.2, 0.25) is 0 Å². The molecule has 1 saturated heterocycles. The summed E-state index contributed by atoms with van der Waals surface area (Å²) in [7, 11) is 3.26. The van der Waals surface area contributed by atoms with Crippen LogP contribution in [-0.4, -0.2) is 54.1 Å². The number of aromatic nitrogens is 2. The van der Waals surface area contributed by atoms with Crippen LogP contribution in [0, 0.1) is 17.8 Å². The highest BCUT2D eigenvalue weighted by Gasteiger charge is 2.27. The van der Waals surface area contributed by atoms with Gasteiger partial charge in [-0.25, -0.2) is 9.78 Å². The minimum Gasteiger partial charge on any atom is -0.481 e. The number of rotatable bonds is 4. The molecule has 1 aromatic carbocycles. The lowest BCUT2D eigenvalue weighted by atomic mass is 10.1. The number of esters is 1. The highest BCUT2D eigenvalue weighted by atomic mass is 16.5. The molecule has 1 aliphatic rings. The molecule has 0 radical (unpaired) electrons. The second-order valence-corrected chi connectivity index (χ2v) is 6.29. The van der Waals surface area contributed by atoms with Crippen LogP contribution in [0.4, 0.5) is 0 Å². The number of likely N-dealkylation sites (tertiary alicyclic amines) is 1. The zero-order valence-corrected chi connectivity index (χ0v) is 16.1. The van der Waals surface area contributed by atoms with E-state index in [2.05, 4.69) is 21.8 Å². The molecule has 1 atom stereocenters. The van der Waals surface area contributed by atoms with Gasteiger partial charge in [0.05, 0.1) is 19.4 Å². The SMILES string of the molecule is CCOC(=O)c1nc(OC)cc(-c2cccc(C#CC3CCN(C)C3=O)c2)n1. The Labute approximate surface area is 163 Å². The zero-order chi connectivity index (χ0) is 20.1. The Morgan fingerprint density at radius 3 is 2.82 bits per heavy atom. The summed E-state index contributed by atoms with van der Waals surface area (Å²) in [5, 5.41) is 0. The molecule has 0 aliphatic carbocycles. The highest BCUT2D eigenvalue weighted by molar-refractivity contribution is 5.86. The molecule has 1 aliphatic heterocycles. The van der Waals surface area contributed by atoms with Crippen molar-refractivity contribution in [2.45, 2.75) is 13.3 Å². The third kappa shape index (κ3) is 4.29. The van der Waals surface area contributed by atoms with E-state index in [1.807, 2.05) is 24.3 Å². The maximum absolute atomic E-state index is 12.0. The van der Waals surface area contributed by atoms with Crippen molar-refractivity contribution >= 4 is 11.9 Å². The number of benzene rings is 1. The van der Waals surface area contributed by atoms with Gasteiger partial charge in [0.2, 0.25) is 17.6 Å². The maximum Gasteiger partial charge on any atom is 0.376 e. The summed E-state index contributed by atoms with van der Waals surface area (Å²) in [4.78, 5) is 34.0. The number of methoxy groups -OCH3 is 1. The molecule has 0 saturated carbocycles. The van der Waals surface area contributed by atoms with E-state index in [1.165, 1.54) is 7.11 Å². The Kier molecular flexibility index (Phi) is 5.90. The first kappa shape index (κ1) is 19.4. The van der Waals surface area contributed by atoms with E-state index in [1.54, 1.807) is 24.9 Å². The summed E-state index contributed by atoms with van der Waals surface area (Å²) in [5.41, 5.74) is 2.04. The van der Waals surface area contributed by atoms with Gasteiger partial charge in [0, 0.05) is 30.8 Å². The average molecular weight is 379 g/mol. The van der Waals surface area contributed by atoms with Crippen molar-refractivity contribution < 1.29 is 19.1 Å². The van der Waals surface area contributed by atoms with Crippen molar-refractivity contribution in [3.8, 4) is 29.0 Å². The summed E-state index contributed by atoms with van der Waals surface area (Å²) < 4.78 is 10.2. The highest BCUT2D eigenvalue weighted by Crippen LogP contribution is 2.22. The second kappa shape index (κ2) is 8.53. The minimum atomic E-state index is -0.609. The third-order valence-electron chi connectivity index (χ3n) is 4.35. The molecule has 2 heterocycles. The van der Waals surface area contributed by atoms with Gasteiger partial charge in [0.15, 0.2) is 0 Å². The molecule has 1 aromatic heterocycles. The summed E-state index contributed by atoms with van der Waals surface area (Å²) in [5.74, 6) is 5.52. The number of carbonyl (C=O) groups excluding carboxylic acids is 2. The van der Waals surface area contributed by atoms with Gasteiger partial charge >= 0.3 is 5.97 Å². The van der Waals surface area contributed by atoms with Gasteiger partial charge in [0.25, 0.3) is 0 Å². The molecule has 7 heteroatoms. The van der Waals surface area contributed by atoms with Gasteiger partial charge < -0.3 is 14.4 Å². The van der Waals surface area contributed by atoms with Gasteiger partial charge in [-0.05, 0) is 25.5 Å². The number of amides is 1. The fraction of sp³-hybridized carbons (Fsp3) is 0.333. The predicted octanol–water partition coefficient (Wildman–Crippen LogP) is 2.16. The standard InChI is InChI=1S/C21H21N3O4/c1-4-28-21(26)19-22-17(13-18(23-19)27-3)16-7-5-6-14(12-16)8-9-15-10-11-24(2)20(15)25/h5-7,12-13,15H,4,10-11H2,1-3H3. The van der Waals surface area contributed by atoms with Crippen LogP contribution in [0.15, 0.2) is 30.3 Å². The first-order valence-corrected chi connectivity index (χ1v) is 8.99. The number of carbonyl (C=O) groups is 2. The van der Waals surface area contributed by atoms with E-state index in [0.29, 0.717) is 5.69 Å². The average Bonchev–Trinajstić information content (AvgIpc) is 3.04. The van der Waals surface area contributed by atoms with Crippen molar-refractivity contribution in [1.29, 1.82) is 0 Å². The Balaban J connectivity index is 1.91. The van der Waals surface area contributed by atoms with Crippen LogP contribution in [0.1, 0.15) is 29.5 Å². The fourth-order valence-electron chi connectivity index (χ4n) is 2.85. The maximum atomic E-state index is 12.0. The van der Waals surface area contributed by atoms with E-state index < -0.39 is 5.97 Å². The van der Waals surface area contributed by atoms with Crippen LogP contribution in [0.25, 0.3) is 11.3 Å². The summed E-state index contributed by atoms with van der Waals surface area (Å²) >= 11 is 0. The van der Waals surface area contributed by atoms with Crippen molar-refractivity contribution in [2.75, 3.05) is 27.3 Å². The smallest absolute Gasteiger partial charge is 0.376 e. The zero-order valence-electron chi connectivity index (χ0n) is 16.1. The monoisotopic (exact) mass is 379 g/mol.